The number of rotatable bonds is 3. The number of nitrogens with one attached hydrogen (secondary N) is 1. The molecule has 0 unspecified atom stereocenters. The Balaban J connectivity index is 1.57. The number of halogens is 1. The summed E-state index contributed by atoms with van der Waals surface area (Å²) in [6.45, 7) is 8.36. The minimum Gasteiger partial charge on any atom is -0.465 e. The van der Waals surface area contributed by atoms with Gasteiger partial charge in [0.2, 0.25) is 0 Å². The summed E-state index contributed by atoms with van der Waals surface area (Å²) in [5.41, 5.74) is 1.44. The van der Waals surface area contributed by atoms with Gasteiger partial charge in [-0.2, -0.15) is 0 Å². The van der Waals surface area contributed by atoms with Crippen molar-refractivity contribution in [3.05, 3.63) is 40.4 Å². The first-order chi connectivity index (χ1) is 14.9. The molecule has 1 saturated heterocycles. The molecule has 0 atom stereocenters. The van der Waals surface area contributed by atoms with Crippen LogP contribution < -0.4 is 10.8 Å². The van der Waals surface area contributed by atoms with Gasteiger partial charge in [-0.3, -0.25) is 4.79 Å². The van der Waals surface area contributed by atoms with E-state index in [0.29, 0.717) is 34.8 Å². The summed E-state index contributed by atoms with van der Waals surface area (Å²) in [4.78, 5) is 30.0. The van der Waals surface area contributed by atoms with E-state index >= 15 is 0 Å². The maximum absolute atomic E-state index is 13.0. The van der Waals surface area contributed by atoms with Crippen molar-refractivity contribution in [1.29, 1.82) is 0 Å². The number of carbonyl (C=O) groups is 2. The molecule has 1 aromatic heterocycles. The van der Waals surface area contributed by atoms with Crippen LogP contribution in [0.2, 0.25) is 5.02 Å². The number of fused-ring (bicyclic) bond motifs is 1. The topological polar surface area (TPSA) is 106 Å². The molecule has 3 heterocycles. The summed E-state index contributed by atoms with van der Waals surface area (Å²) < 4.78 is 13.9. The molecule has 1 aromatic carbocycles. The highest BCUT2D eigenvalue weighted by molar-refractivity contribution is 6.66. The Morgan fingerprint density at radius 2 is 1.88 bits per heavy atom. The molecule has 2 amide bonds. The van der Waals surface area contributed by atoms with Gasteiger partial charge in [-0.05, 0) is 33.8 Å². The van der Waals surface area contributed by atoms with Crippen LogP contribution in [0.1, 0.15) is 49.7 Å². The zero-order chi connectivity index (χ0) is 23.4. The maximum Gasteiger partial charge on any atom is 0.496 e. The fourth-order valence-corrected chi connectivity index (χ4v) is 4.13. The number of carbonyl (C=O) groups excluding carboxylic acids is 1. The molecule has 1 fully saturated rings. The summed E-state index contributed by atoms with van der Waals surface area (Å²) >= 11 is 6.63. The van der Waals surface area contributed by atoms with Gasteiger partial charge in [-0.15, -0.1) is 0 Å². The third kappa shape index (κ3) is 3.76. The molecule has 11 heteroatoms. The fourth-order valence-electron chi connectivity index (χ4n) is 3.87. The average molecular weight is 461 g/mol. The highest BCUT2D eigenvalue weighted by atomic mass is 35.5. The Kier molecular flexibility index (Phi) is 5.51. The normalized spacial score (nSPS) is 19.1. The van der Waals surface area contributed by atoms with E-state index in [9.17, 15) is 14.7 Å². The number of aromatic nitrogens is 2. The molecule has 0 spiro atoms. The van der Waals surface area contributed by atoms with Gasteiger partial charge in [0.15, 0.2) is 5.82 Å². The molecule has 2 aliphatic rings. The summed E-state index contributed by atoms with van der Waals surface area (Å²) in [6.07, 6.45) is -0.505. The van der Waals surface area contributed by atoms with Crippen molar-refractivity contribution in [3.63, 3.8) is 0 Å². The van der Waals surface area contributed by atoms with Crippen molar-refractivity contribution in [1.82, 2.24) is 14.5 Å². The van der Waals surface area contributed by atoms with Crippen molar-refractivity contribution in [2.75, 3.05) is 11.9 Å². The van der Waals surface area contributed by atoms with E-state index in [2.05, 4.69) is 10.3 Å². The highest BCUT2D eigenvalue weighted by Gasteiger charge is 2.52. The van der Waals surface area contributed by atoms with E-state index in [-0.39, 0.29) is 12.4 Å². The zero-order valence-electron chi connectivity index (χ0n) is 18.7. The molecule has 2 aromatic rings. The Bertz CT molecular complexity index is 1080. The second-order valence-electron chi connectivity index (χ2n) is 9.09. The Labute approximate surface area is 191 Å². The summed E-state index contributed by atoms with van der Waals surface area (Å²) in [5, 5.41) is 12.4. The van der Waals surface area contributed by atoms with E-state index in [1.165, 1.54) is 4.90 Å². The third-order valence-corrected chi connectivity index (χ3v) is 6.94. The number of amides is 2. The van der Waals surface area contributed by atoms with Crippen LogP contribution >= 0.6 is 11.6 Å². The summed E-state index contributed by atoms with van der Waals surface area (Å²) in [5.74, 6) is -0.240. The van der Waals surface area contributed by atoms with Gasteiger partial charge in [0.1, 0.15) is 0 Å². The van der Waals surface area contributed by atoms with E-state index in [1.54, 1.807) is 29.8 Å². The quantitative estimate of drug-likeness (QED) is 0.682. The molecule has 0 saturated carbocycles. The standard InChI is InChI=1S/C21H26BClN4O5/c1-20(2)21(3,4)32-22(31-20)12-7-6-8-13(16(12)23)25-18(28)17-24-14-11-27(19(29)30)10-9-15(14)26(17)5/h6-8H,9-11H2,1-5H3,(H,25,28)(H,29,30). The second kappa shape index (κ2) is 7.79. The van der Waals surface area contributed by atoms with E-state index in [0.717, 1.165) is 5.69 Å². The van der Waals surface area contributed by atoms with Crippen LogP contribution in [0.5, 0.6) is 0 Å². The molecule has 0 bridgehead atoms. The van der Waals surface area contributed by atoms with Crippen molar-refractivity contribution < 1.29 is 24.0 Å². The molecule has 2 N–H and O–H groups in total. The molecule has 9 nitrogen and oxygen atoms in total. The lowest BCUT2D eigenvalue weighted by molar-refractivity contribution is 0.00578. The summed E-state index contributed by atoms with van der Waals surface area (Å²) in [7, 11) is 1.09. The Morgan fingerprint density at radius 1 is 1.22 bits per heavy atom. The lowest BCUT2D eigenvalue weighted by atomic mass is 9.79. The number of nitrogens with zero attached hydrogens (tertiary/aromatic N) is 3. The zero-order valence-corrected chi connectivity index (χ0v) is 19.5. The van der Waals surface area contributed by atoms with Crippen LogP contribution in [0, 0.1) is 0 Å². The van der Waals surface area contributed by atoms with E-state index in [4.69, 9.17) is 20.9 Å². The lowest BCUT2D eigenvalue weighted by Gasteiger charge is -2.32. The monoisotopic (exact) mass is 460 g/mol. The van der Waals surface area contributed by atoms with Crippen LogP contribution in [-0.4, -0.2) is 56.4 Å². The van der Waals surface area contributed by atoms with Crippen molar-refractivity contribution in [2.45, 2.75) is 51.9 Å². The minimum absolute atomic E-state index is 0.157. The van der Waals surface area contributed by atoms with Crippen molar-refractivity contribution >= 4 is 41.9 Å². The number of carboxylic acid groups (broad SMARTS) is 1. The lowest BCUT2D eigenvalue weighted by Crippen LogP contribution is -2.41. The number of hydrogen-bond donors (Lipinski definition) is 2. The molecule has 2 aliphatic heterocycles. The van der Waals surface area contributed by atoms with Gasteiger partial charge in [0.05, 0.1) is 34.2 Å². The predicted octanol–water partition coefficient (Wildman–Crippen LogP) is 2.66. The van der Waals surface area contributed by atoms with Crippen LogP contribution in [0.25, 0.3) is 0 Å². The van der Waals surface area contributed by atoms with Crippen molar-refractivity contribution in [2.24, 2.45) is 7.05 Å². The number of hydrogen-bond acceptors (Lipinski definition) is 5. The maximum atomic E-state index is 13.0. The fraction of sp³-hybridized carbons (Fsp3) is 0.476. The minimum atomic E-state index is -1.00. The highest BCUT2D eigenvalue weighted by Crippen LogP contribution is 2.37. The first-order valence-electron chi connectivity index (χ1n) is 10.4. The first-order valence-corrected chi connectivity index (χ1v) is 10.8. The van der Waals surface area contributed by atoms with Gasteiger partial charge in [0, 0.05) is 31.2 Å². The van der Waals surface area contributed by atoms with Gasteiger partial charge < -0.3 is 29.2 Å². The Morgan fingerprint density at radius 3 is 2.50 bits per heavy atom. The van der Waals surface area contributed by atoms with E-state index in [1.807, 2.05) is 27.7 Å². The second-order valence-corrected chi connectivity index (χ2v) is 9.47. The van der Waals surface area contributed by atoms with Crippen LogP contribution in [0.15, 0.2) is 18.2 Å². The number of benzene rings is 1. The number of imidazole rings is 1. The summed E-state index contributed by atoms with van der Waals surface area (Å²) in [6, 6.07) is 5.28. The van der Waals surface area contributed by atoms with Gasteiger partial charge in [-0.25, -0.2) is 9.78 Å². The third-order valence-electron chi connectivity index (χ3n) is 6.51. The van der Waals surface area contributed by atoms with E-state index < -0.39 is 30.3 Å². The SMILES string of the molecule is Cn1c(C(=O)Nc2cccc(B3OC(C)(C)C(C)(C)O3)c2Cl)nc2c1CCN(C(=O)O)C2. The first kappa shape index (κ1) is 22.6. The van der Waals surface area contributed by atoms with Crippen LogP contribution in [0.3, 0.4) is 0 Å². The molecule has 0 aliphatic carbocycles. The van der Waals surface area contributed by atoms with Gasteiger partial charge in [-0.1, -0.05) is 23.7 Å². The number of anilines is 1. The average Bonchev–Trinajstić information content (AvgIpc) is 3.15. The molecule has 32 heavy (non-hydrogen) atoms. The molecule has 4 rings (SSSR count). The predicted molar refractivity (Wildman–Crippen MR) is 120 cm³/mol. The smallest absolute Gasteiger partial charge is 0.465 e. The molecular weight excluding hydrogens is 435 g/mol. The van der Waals surface area contributed by atoms with Gasteiger partial charge >= 0.3 is 13.2 Å². The molecule has 170 valence electrons. The van der Waals surface area contributed by atoms with Crippen LogP contribution in [0.4, 0.5) is 10.5 Å². The molecule has 0 radical (unpaired) electrons. The molecular formula is C21H26BClN4O5. The largest absolute Gasteiger partial charge is 0.496 e. The van der Waals surface area contributed by atoms with Gasteiger partial charge in [0.25, 0.3) is 5.91 Å². The Hall–Kier alpha value is -2.56. The van der Waals surface area contributed by atoms with Crippen molar-refractivity contribution in [3.8, 4) is 0 Å². The van der Waals surface area contributed by atoms with Crippen LogP contribution in [-0.2, 0) is 29.3 Å².